The Morgan fingerprint density at radius 1 is 1.39 bits per heavy atom. The molecule has 4 nitrogen and oxygen atoms in total. The van der Waals surface area contributed by atoms with E-state index in [1.807, 2.05) is 17.9 Å². The van der Waals surface area contributed by atoms with Crippen LogP contribution in [0.4, 0.5) is 0 Å². The van der Waals surface area contributed by atoms with Crippen molar-refractivity contribution in [2.45, 2.75) is 6.92 Å². The van der Waals surface area contributed by atoms with E-state index in [4.69, 9.17) is 0 Å². The number of carbonyl (C=O) groups is 1. The molecular weight excluding hydrogens is 294 g/mol. The van der Waals surface area contributed by atoms with Gasteiger partial charge < -0.3 is 4.90 Å². The number of hydrogen-bond acceptors (Lipinski definition) is 3. The Labute approximate surface area is 116 Å². The highest BCUT2D eigenvalue weighted by molar-refractivity contribution is 9.09. The van der Waals surface area contributed by atoms with Gasteiger partial charge in [-0.3, -0.25) is 14.7 Å². The van der Waals surface area contributed by atoms with Crippen LogP contribution in [-0.2, 0) is 0 Å². The molecule has 1 aliphatic rings. The number of carbonyl (C=O) groups excluding carboxylic acids is 1. The summed E-state index contributed by atoms with van der Waals surface area (Å²) in [7, 11) is 0. The second-order valence-corrected chi connectivity index (χ2v) is 5.30. The van der Waals surface area contributed by atoms with E-state index in [0.29, 0.717) is 0 Å². The molecule has 0 spiro atoms. The fourth-order valence-corrected chi connectivity index (χ4v) is 2.66. The molecule has 5 heteroatoms. The molecule has 0 unspecified atom stereocenters. The Hall–Kier alpha value is -0.940. The first-order valence-electron chi connectivity index (χ1n) is 6.21. The second-order valence-electron chi connectivity index (χ2n) is 4.51. The maximum absolute atomic E-state index is 12.3. The molecule has 0 bridgehead atoms. The van der Waals surface area contributed by atoms with Gasteiger partial charge >= 0.3 is 0 Å². The van der Waals surface area contributed by atoms with Gasteiger partial charge in [-0.2, -0.15) is 0 Å². The average Bonchev–Trinajstić information content (AvgIpc) is 2.39. The number of aromatic nitrogens is 1. The first-order chi connectivity index (χ1) is 8.70. The summed E-state index contributed by atoms with van der Waals surface area (Å²) in [5.74, 6) is 0.124. The van der Waals surface area contributed by atoms with E-state index in [9.17, 15) is 4.79 Å². The molecule has 1 amide bonds. The zero-order chi connectivity index (χ0) is 13.0. The van der Waals surface area contributed by atoms with Gasteiger partial charge in [-0.05, 0) is 19.1 Å². The molecule has 0 aromatic carbocycles. The second kappa shape index (κ2) is 6.29. The van der Waals surface area contributed by atoms with Crippen molar-refractivity contribution in [2.24, 2.45) is 0 Å². The summed E-state index contributed by atoms with van der Waals surface area (Å²) < 4.78 is 0. The minimum atomic E-state index is 0.124. The largest absolute Gasteiger partial charge is 0.336 e. The van der Waals surface area contributed by atoms with Crippen molar-refractivity contribution in [3.63, 3.8) is 0 Å². The van der Waals surface area contributed by atoms with E-state index < -0.39 is 0 Å². The summed E-state index contributed by atoms with van der Waals surface area (Å²) in [6.45, 7) is 6.50. The minimum Gasteiger partial charge on any atom is -0.336 e. The molecule has 0 radical (unpaired) electrons. The van der Waals surface area contributed by atoms with Crippen LogP contribution in [0.2, 0.25) is 0 Å². The zero-order valence-corrected chi connectivity index (χ0v) is 12.2. The number of alkyl halides is 1. The van der Waals surface area contributed by atoms with Crippen LogP contribution in [0.3, 0.4) is 0 Å². The first-order valence-corrected chi connectivity index (χ1v) is 7.33. The van der Waals surface area contributed by atoms with Crippen LogP contribution in [0.25, 0.3) is 0 Å². The predicted octanol–water partition coefficient (Wildman–Crippen LogP) is 1.54. The van der Waals surface area contributed by atoms with Crippen molar-refractivity contribution in [3.8, 4) is 0 Å². The molecule has 0 saturated carbocycles. The summed E-state index contributed by atoms with van der Waals surface area (Å²) in [5.41, 5.74) is 1.63. The quantitative estimate of drug-likeness (QED) is 0.795. The highest BCUT2D eigenvalue weighted by atomic mass is 79.9. The van der Waals surface area contributed by atoms with Crippen LogP contribution in [0.15, 0.2) is 18.3 Å². The van der Waals surface area contributed by atoms with Gasteiger partial charge in [0.15, 0.2) is 0 Å². The standard InChI is InChI=1S/C13H18BrN3O/c1-11-10-12(2-4-15-11)13(18)17-8-6-16(5-3-14)7-9-17/h2,4,10H,3,5-9H2,1H3. The van der Waals surface area contributed by atoms with Gasteiger partial charge in [-0.25, -0.2) is 0 Å². The molecule has 1 saturated heterocycles. The summed E-state index contributed by atoms with van der Waals surface area (Å²) >= 11 is 3.44. The average molecular weight is 312 g/mol. The molecule has 1 aromatic rings. The molecule has 0 N–H and O–H groups in total. The maximum Gasteiger partial charge on any atom is 0.254 e. The highest BCUT2D eigenvalue weighted by Crippen LogP contribution is 2.09. The molecule has 1 aliphatic heterocycles. The number of amides is 1. The Morgan fingerprint density at radius 3 is 2.72 bits per heavy atom. The van der Waals surface area contributed by atoms with Crippen molar-refractivity contribution in [2.75, 3.05) is 38.1 Å². The lowest BCUT2D eigenvalue weighted by molar-refractivity contribution is 0.0644. The van der Waals surface area contributed by atoms with E-state index in [-0.39, 0.29) is 5.91 Å². The van der Waals surface area contributed by atoms with E-state index in [1.165, 1.54) is 0 Å². The number of hydrogen-bond donors (Lipinski definition) is 0. The summed E-state index contributed by atoms with van der Waals surface area (Å²) in [6.07, 6.45) is 1.70. The van der Waals surface area contributed by atoms with Crippen LogP contribution in [0.1, 0.15) is 16.1 Å². The minimum absolute atomic E-state index is 0.124. The third-order valence-corrected chi connectivity index (χ3v) is 3.56. The lowest BCUT2D eigenvalue weighted by atomic mass is 10.2. The molecule has 98 valence electrons. The van der Waals surface area contributed by atoms with Crippen molar-refractivity contribution in [1.82, 2.24) is 14.8 Å². The molecule has 1 aromatic heterocycles. The normalized spacial score (nSPS) is 16.9. The Balaban J connectivity index is 1.95. The number of halogens is 1. The molecule has 2 rings (SSSR count). The third-order valence-electron chi connectivity index (χ3n) is 3.20. The van der Waals surface area contributed by atoms with Gasteiger partial charge in [0.25, 0.3) is 5.91 Å². The molecule has 2 heterocycles. The van der Waals surface area contributed by atoms with Crippen molar-refractivity contribution < 1.29 is 4.79 Å². The van der Waals surface area contributed by atoms with Crippen LogP contribution in [0.5, 0.6) is 0 Å². The van der Waals surface area contributed by atoms with Crippen molar-refractivity contribution in [3.05, 3.63) is 29.6 Å². The number of pyridine rings is 1. The monoisotopic (exact) mass is 311 g/mol. The number of piperazine rings is 1. The Kier molecular flexibility index (Phi) is 4.72. The Bertz CT molecular complexity index is 416. The lowest BCUT2D eigenvalue weighted by Gasteiger charge is -2.34. The number of rotatable bonds is 3. The summed E-state index contributed by atoms with van der Waals surface area (Å²) in [6, 6.07) is 3.65. The fourth-order valence-electron chi connectivity index (χ4n) is 2.16. The van der Waals surface area contributed by atoms with Crippen LogP contribution < -0.4 is 0 Å². The van der Waals surface area contributed by atoms with Gasteiger partial charge in [-0.15, -0.1) is 0 Å². The van der Waals surface area contributed by atoms with E-state index in [1.54, 1.807) is 12.3 Å². The van der Waals surface area contributed by atoms with Crippen LogP contribution in [-0.4, -0.2) is 58.7 Å². The lowest BCUT2D eigenvalue weighted by Crippen LogP contribution is -2.49. The molecular formula is C13H18BrN3O. The van der Waals surface area contributed by atoms with Gasteiger partial charge in [0.1, 0.15) is 0 Å². The topological polar surface area (TPSA) is 36.4 Å². The van der Waals surface area contributed by atoms with E-state index >= 15 is 0 Å². The van der Waals surface area contributed by atoms with E-state index in [0.717, 1.165) is 49.3 Å². The molecule has 0 aliphatic carbocycles. The maximum atomic E-state index is 12.3. The molecule has 1 fully saturated rings. The van der Waals surface area contributed by atoms with Crippen LogP contribution >= 0.6 is 15.9 Å². The van der Waals surface area contributed by atoms with Crippen molar-refractivity contribution in [1.29, 1.82) is 0 Å². The Morgan fingerprint density at radius 2 is 2.11 bits per heavy atom. The van der Waals surface area contributed by atoms with Gasteiger partial charge in [0, 0.05) is 55.5 Å². The third kappa shape index (κ3) is 3.29. The van der Waals surface area contributed by atoms with Crippen LogP contribution in [0, 0.1) is 6.92 Å². The van der Waals surface area contributed by atoms with Gasteiger partial charge in [0.2, 0.25) is 0 Å². The highest BCUT2D eigenvalue weighted by Gasteiger charge is 2.21. The van der Waals surface area contributed by atoms with Gasteiger partial charge in [-0.1, -0.05) is 15.9 Å². The summed E-state index contributed by atoms with van der Waals surface area (Å²) in [4.78, 5) is 20.7. The fraction of sp³-hybridized carbons (Fsp3) is 0.538. The smallest absolute Gasteiger partial charge is 0.254 e. The first kappa shape index (κ1) is 13.5. The van der Waals surface area contributed by atoms with Crippen molar-refractivity contribution >= 4 is 21.8 Å². The SMILES string of the molecule is Cc1cc(C(=O)N2CCN(CCBr)CC2)ccn1. The molecule has 18 heavy (non-hydrogen) atoms. The molecule has 0 atom stereocenters. The zero-order valence-electron chi connectivity index (χ0n) is 10.6. The summed E-state index contributed by atoms with van der Waals surface area (Å²) in [5, 5.41) is 0.991. The predicted molar refractivity (Wildman–Crippen MR) is 75.1 cm³/mol. The van der Waals surface area contributed by atoms with E-state index in [2.05, 4.69) is 25.8 Å². The van der Waals surface area contributed by atoms with Gasteiger partial charge in [0.05, 0.1) is 0 Å². The number of aryl methyl sites for hydroxylation is 1. The number of nitrogens with zero attached hydrogens (tertiary/aromatic N) is 3.